The lowest BCUT2D eigenvalue weighted by molar-refractivity contribution is -0.129. The van der Waals surface area contributed by atoms with Gasteiger partial charge in [-0.1, -0.05) is 17.3 Å². The predicted octanol–water partition coefficient (Wildman–Crippen LogP) is 3.88. The summed E-state index contributed by atoms with van der Waals surface area (Å²) >= 11 is 2.92. The molecule has 36 heavy (non-hydrogen) atoms. The maximum absolute atomic E-state index is 13.7. The molecule has 1 aliphatic rings. The Morgan fingerprint density at radius 2 is 1.97 bits per heavy atom. The molecule has 1 aliphatic heterocycles. The summed E-state index contributed by atoms with van der Waals surface area (Å²) in [5.41, 5.74) is 2.50. The number of anilines is 1. The van der Waals surface area contributed by atoms with Crippen molar-refractivity contribution in [2.45, 2.75) is 29.4 Å². The van der Waals surface area contributed by atoms with Crippen LogP contribution in [-0.4, -0.2) is 60.7 Å². The van der Waals surface area contributed by atoms with Crippen LogP contribution in [0.3, 0.4) is 0 Å². The van der Waals surface area contributed by atoms with Gasteiger partial charge in [-0.2, -0.15) is 0 Å². The number of aryl methyl sites for hydroxylation is 1. The number of carbonyl (C=O) groups excluding carboxylic acids is 2. The van der Waals surface area contributed by atoms with E-state index in [1.807, 2.05) is 36.6 Å². The molecule has 3 heterocycles. The Kier molecular flexibility index (Phi) is 7.73. The van der Waals surface area contributed by atoms with Crippen LogP contribution in [0.25, 0.3) is 10.4 Å². The summed E-state index contributed by atoms with van der Waals surface area (Å²) in [6.07, 6.45) is 1.51. The van der Waals surface area contributed by atoms with Gasteiger partial charge in [0, 0.05) is 33.8 Å². The van der Waals surface area contributed by atoms with Crippen LogP contribution in [0.1, 0.15) is 23.5 Å². The third-order valence-electron chi connectivity index (χ3n) is 6.16. The normalized spacial score (nSPS) is 19.5. The Morgan fingerprint density at radius 1 is 1.22 bits per heavy atom. The third kappa shape index (κ3) is 5.28. The van der Waals surface area contributed by atoms with E-state index in [1.54, 1.807) is 36.3 Å². The molecule has 0 bridgehead atoms. The first-order valence-corrected chi connectivity index (χ1v) is 14.8. The Balaban J connectivity index is 1.66. The number of thiophene rings is 1. The Hall–Kier alpha value is -2.87. The molecule has 3 N–H and O–H groups in total. The minimum Gasteiger partial charge on any atom is -0.360 e. The van der Waals surface area contributed by atoms with Gasteiger partial charge in [-0.25, -0.2) is 18.7 Å². The van der Waals surface area contributed by atoms with Gasteiger partial charge in [0.05, 0.1) is 12.2 Å². The lowest BCUT2D eigenvalue weighted by atomic mass is 9.97. The van der Waals surface area contributed by atoms with Crippen molar-refractivity contribution in [1.82, 2.24) is 15.5 Å². The zero-order valence-corrected chi connectivity index (χ0v) is 22.1. The highest BCUT2D eigenvalue weighted by Gasteiger charge is 2.50. The molecule has 3 amide bonds. The fourth-order valence-corrected chi connectivity index (χ4v) is 8.20. The highest BCUT2D eigenvalue weighted by molar-refractivity contribution is 7.98. The van der Waals surface area contributed by atoms with Crippen LogP contribution < -0.4 is 10.8 Å². The number of nitrogens with zero attached hydrogens (tertiary/aromatic N) is 2. The van der Waals surface area contributed by atoms with Crippen LogP contribution in [0, 0.1) is 6.92 Å². The topological polar surface area (TPSA) is 142 Å². The van der Waals surface area contributed by atoms with E-state index >= 15 is 0 Å². The fraction of sp³-hybridized carbons (Fsp3) is 0.348. The second kappa shape index (κ2) is 10.6. The zero-order valence-electron chi connectivity index (χ0n) is 19.7. The monoisotopic (exact) mass is 550 g/mol. The molecule has 1 atom stereocenters. The van der Waals surface area contributed by atoms with Crippen molar-refractivity contribution in [2.75, 3.05) is 30.4 Å². The molecular weight excluding hydrogens is 524 g/mol. The lowest BCUT2D eigenvalue weighted by Crippen LogP contribution is -2.41. The van der Waals surface area contributed by atoms with Gasteiger partial charge in [-0.05, 0) is 49.4 Å². The molecule has 0 aliphatic carbocycles. The number of carbonyl (C=O) groups is 2. The summed E-state index contributed by atoms with van der Waals surface area (Å²) in [6.45, 7) is 1.71. The van der Waals surface area contributed by atoms with E-state index in [-0.39, 0.29) is 31.1 Å². The third-order valence-corrected chi connectivity index (χ3v) is 10.9. The van der Waals surface area contributed by atoms with E-state index < -0.39 is 32.9 Å². The van der Waals surface area contributed by atoms with E-state index in [1.165, 1.54) is 16.2 Å². The molecule has 0 saturated carbocycles. The molecule has 1 fully saturated rings. The lowest BCUT2D eigenvalue weighted by Gasteiger charge is -2.30. The molecule has 1 saturated heterocycles. The number of hydroxylamine groups is 1. The van der Waals surface area contributed by atoms with Crippen molar-refractivity contribution in [1.29, 1.82) is 0 Å². The first-order valence-electron chi connectivity index (χ1n) is 11.1. The van der Waals surface area contributed by atoms with E-state index in [0.717, 1.165) is 15.3 Å². The molecule has 13 heteroatoms. The van der Waals surface area contributed by atoms with Crippen molar-refractivity contribution in [2.24, 2.45) is 0 Å². The van der Waals surface area contributed by atoms with Crippen molar-refractivity contribution >= 4 is 50.7 Å². The standard InChI is InChI=1S/C23H26N4O6S3/c1-15-13-20(26-33-15)24-22(29)27-10-9-23(14-21(28)25-30,36(31,32)12-11-27)19-8-7-18(35-19)16-3-5-17(34-2)6-4-16/h3-8,13,30H,9-12,14H2,1-2H3,(H,25,28)(H,24,26,29)/t23-/m0/s1. The number of sulfone groups is 1. The zero-order chi connectivity index (χ0) is 25.9. The molecule has 2 aromatic heterocycles. The molecule has 192 valence electrons. The maximum Gasteiger partial charge on any atom is 0.323 e. The van der Waals surface area contributed by atoms with E-state index in [0.29, 0.717) is 10.6 Å². The minimum absolute atomic E-state index is 0.0145. The van der Waals surface area contributed by atoms with Gasteiger partial charge in [-0.15, -0.1) is 23.1 Å². The summed E-state index contributed by atoms with van der Waals surface area (Å²) in [4.78, 5) is 29.0. The van der Waals surface area contributed by atoms with Gasteiger partial charge >= 0.3 is 6.03 Å². The smallest absolute Gasteiger partial charge is 0.323 e. The number of rotatable bonds is 6. The second-order valence-corrected chi connectivity index (χ2v) is 12.8. The number of hydrogen-bond acceptors (Lipinski definition) is 9. The number of urea groups is 1. The highest BCUT2D eigenvalue weighted by Crippen LogP contribution is 2.45. The van der Waals surface area contributed by atoms with Gasteiger partial charge < -0.3 is 9.42 Å². The number of thioether (sulfide) groups is 1. The van der Waals surface area contributed by atoms with Gasteiger partial charge in [0.15, 0.2) is 15.7 Å². The van der Waals surface area contributed by atoms with Crippen LogP contribution in [0.2, 0.25) is 0 Å². The Bertz CT molecular complexity index is 1350. The molecule has 4 rings (SSSR count). The molecule has 10 nitrogen and oxygen atoms in total. The van der Waals surface area contributed by atoms with Crippen LogP contribution >= 0.6 is 23.1 Å². The molecule has 1 aromatic carbocycles. The fourth-order valence-electron chi connectivity index (χ4n) is 4.18. The number of hydrogen-bond donors (Lipinski definition) is 3. The predicted molar refractivity (Wildman–Crippen MR) is 138 cm³/mol. The maximum atomic E-state index is 13.7. The second-order valence-electron chi connectivity index (χ2n) is 8.41. The summed E-state index contributed by atoms with van der Waals surface area (Å²) in [7, 11) is -3.92. The van der Waals surface area contributed by atoms with Crippen LogP contribution in [0.4, 0.5) is 10.6 Å². The van der Waals surface area contributed by atoms with Crippen LogP contribution in [0.15, 0.2) is 51.9 Å². The molecule has 3 aromatic rings. The Morgan fingerprint density at radius 3 is 2.61 bits per heavy atom. The SMILES string of the molecule is CSc1ccc(-c2ccc([C@@]3(CC(=O)NO)CCN(C(=O)Nc4cc(C)on4)CCS3(=O)=O)s2)cc1. The van der Waals surface area contributed by atoms with Crippen molar-refractivity contribution in [3.8, 4) is 10.4 Å². The summed E-state index contributed by atoms with van der Waals surface area (Å²) in [6, 6.07) is 12.5. The summed E-state index contributed by atoms with van der Waals surface area (Å²) < 4.78 is 30.7. The van der Waals surface area contributed by atoms with Crippen molar-refractivity contribution in [3.05, 3.63) is 53.1 Å². The Labute approximate surface area is 216 Å². The molecule has 0 spiro atoms. The van der Waals surface area contributed by atoms with Crippen LogP contribution in [0.5, 0.6) is 0 Å². The quantitative estimate of drug-likeness (QED) is 0.239. The van der Waals surface area contributed by atoms with Gasteiger partial charge in [0.1, 0.15) is 10.5 Å². The van der Waals surface area contributed by atoms with Crippen LogP contribution in [-0.2, 0) is 19.4 Å². The largest absolute Gasteiger partial charge is 0.360 e. The van der Waals surface area contributed by atoms with E-state index in [9.17, 15) is 23.2 Å². The number of aromatic nitrogens is 1. The number of nitrogens with one attached hydrogen (secondary N) is 2. The van der Waals surface area contributed by atoms with Crippen molar-refractivity contribution < 1.29 is 27.7 Å². The van der Waals surface area contributed by atoms with Gasteiger partial charge in [0.25, 0.3) is 0 Å². The first kappa shape index (κ1) is 26.2. The minimum atomic E-state index is -3.92. The molecule has 0 radical (unpaired) electrons. The average Bonchev–Trinajstić information content (AvgIpc) is 3.49. The van der Waals surface area contributed by atoms with Crippen molar-refractivity contribution in [3.63, 3.8) is 0 Å². The molecule has 0 unspecified atom stereocenters. The van der Waals surface area contributed by atoms with E-state index in [2.05, 4.69) is 10.5 Å². The molecular formula is C23H26N4O6S3. The number of benzene rings is 1. The first-order chi connectivity index (χ1) is 17.2. The summed E-state index contributed by atoms with van der Waals surface area (Å²) in [5, 5.41) is 15.6. The van der Waals surface area contributed by atoms with E-state index in [4.69, 9.17) is 4.52 Å². The highest BCUT2D eigenvalue weighted by atomic mass is 32.2. The van der Waals surface area contributed by atoms with Gasteiger partial charge in [0.2, 0.25) is 5.91 Å². The summed E-state index contributed by atoms with van der Waals surface area (Å²) in [5.74, 6) is -0.402. The van der Waals surface area contributed by atoms with Gasteiger partial charge in [-0.3, -0.25) is 15.3 Å². The average molecular weight is 551 g/mol. The number of amides is 3.